The lowest BCUT2D eigenvalue weighted by Gasteiger charge is -2.28. The number of hydrogen-bond acceptors (Lipinski definition) is 5. The first-order chi connectivity index (χ1) is 10.3. The van der Waals surface area contributed by atoms with Gasteiger partial charge in [-0.25, -0.2) is 4.79 Å². The zero-order valence-electron chi connectivity index (χ0n) is 13.5. The maximum absolute atomic E-state index is 11.8. The third kappa shape index (κ3) is 3.97. The third-order valence-electron chi connectivity index (χ3n) is 3.82. The van der Waals surface area contributed by atoms with E-state index in [1.165, 1.54) is 9.77 Å². The maximum Gasteiger partial charge on any atom is 0.407 e. The van der Waals surface area contributed by atoms with Crippen molar-refractivity contribution in [3.8, 4) is 0 Å². The number of ether oxygens (including phenoxy) is 1. The first kappa shape index (κ1) is 16.1. The smallest absolute Gasteiger partial charge is 0.407 e. The summed E-state index contributed by atoms with van der Waals surface area (Å²) in [5.74, 6) is 0. The molecule has 1 fully saturated rings. The van der Waals surface area contributed by atoms with E-state index in [1.54, 1.807) is 0 Å². The van der Waals surface area contributed by atoms with Crippen molar-refractivity contribution >= 4 is 29.2 Å². The molecule has 6 heteroatoms. The van der Waals surface area contributed by atoms with E-state index < -0.39 is 5.60 Å². The third-order valence-corrected chi connectivity index (χ3v) is 6.16. The Morgan fingerprint density at radius 1 is 1.32 bits per heavy atom. The first-order valence-corrected chi connectivity index (χ1v) is 9.57. The highest BCUT2D eigenvalue weighted by Gasteiger charge is 2.41. The fraction of sp³-hybridized carbons (Fsp3) is 0.688. The lowest BCUT2D eigenvalue weighted by atomic mass is 10.0. The molecule has 1 aliphatic carbocycles. The predicted molar refractivity (Wildman–Crippen MR) is 91.7 cm³/mol. The fourth-order valence-corrected chi connectivity index (χ4v) is 5.33. The molecule has 0 spiro atoms. The quantitative estimate of drug-likeness (QED) is 0.875. The van der Waals surface area contributed by atoms with Gasteiger partial charge in [0.2, 0.25) is 0 Å². The lowest BCUT2D eigenvalue weighted by Crippen LogP contribution is -2.38. The zero-order chi connectivity index (χ0) is 15.9. The molecule has 1 amide bonds. The van der Waals surface area contributed by atoms with Gasteiger partial charge in [-0.2, -0.15) is 0 Å². The fourth-order valence-electron chi connectivity index (χ4n) is 2.76. The molecule has 1 saturated carbocycles. The second-order valence-corrected chi connectivity index (χ2v) is 9.76. The van der Waals surface area contributed by atoms with Crippen LogP contribution in [-0.4, -0.2) is 29.0 Å². The Morgan fingerprint density at radius 2 is 2.09 bits per heavy atom. The van der Waals surface area contributed by atoms with E-state index >= 15 is 0 Å². The number of thiophene rings is 1. The highest BCUT2D eigenvalue weighted by molar-refractivity contribution is 8.01. The summed E-state index contributed by atoms with van der Waals surface area (Å²) in [6, 6.07) is 3.20. The average molecular weight is 341 g/mol. The Morgan fingerprint density at radius 3 is 2.82 bits per heavy atom. The van der Waals surface area contributed by atoms with Crippen LogP contribution in [0.5, 0.6) is 0 Å². The molecule has 1 aromatic heterocycles. The largest absolute Gasteiger partial charge is 0.444 e. The first-order valence-electron chi connectivity index (χ1n) is 7.81. The number of rotatable bonds is 3. The van der Waals surface area contributed by atoms with Gasteiger partial charge < -0.3 is 15.4 Å². The second-order valence-electron chi connectivity index (χ2n) is 7.14. The van der Waals surface area contributed by atoms with Crippen molar-refractivity contribution < 1.29 is 9.53 Å². The predicted octanol–water partition coefficient (Wildman–Crippen LogP) is 3.93. The van der Waals surface area contributed by atoms with Gasteiger partial charge in [0.25, 0.3) is 0 Å². The molecule has 0 aromatic carbocycles. The molecular weight excluding hydrogens is 316 g/mol. The minimum absolute atomic E-state index is 0.196. The van der Waals surface area contributed by atoms with E-state index in [2.05, 4.69) is 29.0 Å². The van der Waals surface area contributed by atoms with Gasteiger partial charge in [-0.15, -0.1) is 23.1 Å². The van der Waals surface area contributed by atoms with E-state index in [4.69, 9.17) is 4.74 Å². The Kier molecular flexibility index (Phi) is 4.45. The average Bonchev–Trinajstić information content (AvgIpc) is 2.90. The van der Waals surface area contributed by atoms with Crippen LogP contribution in [0, 0.1) is 0 Å². The number of alkyl carbamates (subject to hydrolysis) is 1. The Balaban J connectivity index is 1.51. The molecule has 0 saturated heterocycles. The molecule has 0 bridgehead atoms. The summed E-state index contributed by atoms with van der Waals surface area (Å²) in [4.78, 5) is 11.8. The second kappa shape index (κ2) is 6.06. The summed E-state index contributed by atoms with van der Waals surface area (Å²) in [6.45, 7) is 7.93. The molecule has 122 valence electrons. The SMILES string of the molecule is C[C@H]1CC(NC2CC2NC(=O)OC(C)(C)C)c2ccsc2S1. The number of amides is 1. The maximum atomic E-state index is 11.8. The summed E-state index contributed by atoms with van der Waals surface area (Å²) in [5.41, 5.74) is 0.986. The van der Waals surface area contributed by atoms with Crippen LogP contribution in [0.3, 0.4) is 0 Å². The Bertz CT molecular complexity index is 553. The summed E-state index contributed by atoms with van der Waals surface area (Å²) in [7, 11) is 0. The van der Waals surface area contributed by atoms with E-state index in [0.29, 0.717) is 17.3 Å². The van der Waals surface area contributed by atoms with Crippen LogP contribution < -0.4 is 10.6 Å². The van der Waals surface area contributed by atoms with E-state index in [0.717, 1.165) is 12.8 Å². The molecule has 4 atom stereocenters. The van der Waals surface area contributed by atoms with Crippen LogP contribution in [0.2, 0.25) is 0 Å². The molecule has 1 aromatic rings. The molecule has 4 nitrogen and oxygen atoms in total. The van der Waals surface area contributed by atoms with Gasteiger partial charge in [-0.05, 0) is 50.6 Å². The van der Waals surface area contributed by atoms with Gasteiger partial charge in [0.05, 0.1) is 4.21 Å². The Hall–Kier alpha value is -0.720. The van der Waals surface area contributed by atoms with Crippen molar-refractivity contribution in [2.75, 3.05) is 0 Å². The van der Waals surface area contributed by atoms with Crippen LogP contribution in [0.4, 0.5) is 4.79 Å². The number of carbonyl (C=O) groups is 1. The normalized spacial score (nSPS) is 30.5. The number of carbonyl (C=O) groups excluding carboxylic acids is 1. The molecule has 3 rings (SSSR count). The van der Waals surface area contributed by atoms with Crippen molar-refractivity contribution in [2.45, 2.75) is 73.7 Å². The van der Waals surface area contributed by atoms with Crippen LogP contribution in [0.1, 0.15) is 52.1 Å². The van der Waals surface area contributed by atoms with Crippen LogP contribution >= 0.6 is 23.1 Å². The zero-order valence-corrected chi connectivity index (χ0v) is 15.1. The van der Waals surface area contributed by atoms with Crippen molar-refractivity contribution in [2.24, 2.45) is 0 Å². The molecule has 3 unspecified atom stereocenters. The topological polar surface area (TPSA) is 50.4 Å². The Labute approximate surface area is 140 Å². The van der Waals surface area contributed by atoms with Gasteiger partial charge in [0.1, 0.15) is 5.60 Å². The summed E-state index contributed by atoms with van der Waals surface area (Å²) < 4.78 is 6.75. The number of hydrogen-bond donors (Lipinski definition) is 2. The van der Waals surface area contributed by atoms with E-state index in [9.17, 15) is 4.79 Å². The van der Waals surface area contributed by atoms with Gasteiger partial charge in [-0.3, -0.25) is 0 Å². The van der Waals surface area contributed by atoms with Gasteiger partial charge in [-0.1, -0.05) is 6.92 Å². The van der Waals surface area contributed by atoms with Gasteiger partial charge in [0, 0.05) is 23.4 Å². The van der Waals surface area contributed by atoms with Crippen LogP contribution in [-0.2, 0) is 4.74 Å². The van der Waals surface area contributed by atoms with Crippen molar-refractivity contribution in [3.05, 3.63) is 17.0 Å². The number of thioether (sulfide) groups is 1. The molecule has 2 N–H and O–H groups in total. The summed E-state index contributed by atoms with van der Waals surface area (Å²) >= 11 is 3.81. The van der Waals surface area contributed by atoms with Crippen molar-refractivity contribution in [1.29, 1.82) is 0 Å². The minimum Gasteiger partial charge on any atom is -0.444 e. The highest BCUT2D eigenvalue weighted by Crippen LogP contribution is 2.44. The highest BCUT2D eigenvalue weighted by atomic mass is 32.2. The lowest BCUT2D eigenvalue weighted by molar-refractivity contribution is 0.0521. The minimum atomic E-state index is -0.441. The standard InChI is InChI=1S/C16H24N2O2S2/c1-9-7-11(10-5-6-21-14(10)22-9)17-12-8-13(12)18-15(19)20-16(2,3)4/h5-6,9,11-13,17H,7-8H2,1-4H3,(H,18,19)/t9-,11?,12?,13?/m0/s1. The van der Waals surface area contributed by atoms with Gasteiger partial charge in [0.15, 0.2) is 0 Å². The number of fused-ring (bicyclic) bond motifs is 1. The van der Waals surface area contributed by atoms with Crippen LogP contribution in [0.15, 0.2) is 15.7 Å². The molecule has 1 aliphatic heterocycles. The molecule has 0 radical (unpaired) electrons. The van der Waals surface area contributed by atoms with Gasteiger partial charge >= 0.3 is 6.09 Å². The van der Waals surface area contributed by atoms with Crippen LogP contribution in [0.25, 0.3) is 0 Å². The van der Waals surface area contributed by atoms with E-state index in [1.807, 2.05) is 43.9 Å². The molecule has 2 heterocycles. The van der Waals surface area contributed by atoms with Crippen molar-refractivity contribution in [3.63, 3.8) is 0 Å². The molecular formula is C16H24N2O2S2. The summed E-state index contributed by atoms with van der Waals surface area (Å²) in [5, 5.41) is 9.47. The summed E-state index contributed by atoms with van der Waals surface area (Å²) in [6.07, 6.45) is 1.81. The van der Waals surface area contributed by atoms with Crippen molar-refractivity contribution in [1.82, 2.24) is 10.6 Å². The molecule has 2 aliphatic rings. The number of nitrogens with one attached hydrogen (secondary N) is 2. The monoisotopic (exact) mass is 340 g/mol. The molecule has 22 heavy (non-hydrogen) atoms. The van der Waals surface area contributed by atoms with E-state index in [-0.39, 0.29) is 12.1 Å².